The van der Waals surface area contributed by atoms with E-state index in [2.05, 4.69) is 14.5 Å². The van der Waals surface area contributed by atoms with Gasteiger partial charge in [-0.2, -0.15) is 0 Å². The summed E-state index contributed by atoms with van der Waals surface area (Å²) in [5, 5.41) is 0. The first-order chi connectivity index (χ1) is 4.12. The molecule has 0 saturated carbocycles. The number of phosphoric acid groups is 1. The molecule has 0 radical (unpaired) electrons. The first-order valence-corrected chi connectivity index (χ1v) is 4.55. The first kappa shape index (κ1) is 9.42. The molecule has 9 heavy (non-hydrogen) atoms. The fourth-order valence-corrected chi connectivity index (χ4v) is 1.23. The molecule has 0 spiro atoms. The molecule has 3 N–H and O–H groups in total. The maximum Gasteiger partial charge on any atom is 0.499 e. The van der Waals surface area contributed by atoms with Crippen LogP contribution in [0.4, 0.5) is 0 Å². The van der Waals surface area contributed by atoms with Gasteiger partial charge in [0.15, 0.2) is 0 Å². The van der Waals surface area contributed by atoms with Gasteiger partial charge in [-0.05, 0) is 0 Å². The topological polar surface area (TPSA) is 81.8 Å². The first-order valence-electron chi connectivity index (χ1n) is 2.15. The molecule has 7 heteroatoms. The fourth-order valence-electron chi connectivity index (χ4n) is 0.137. The summed E-state index contributed by atoms with van der Waals surface area (Å²) in [6.45, 7) is 1.77. The summed E-state index contributed by atoms with van der Waals surface area (Å²) in [5.74, 6) is 4.96. The van der Waals surface area contributed by atoms with Gasteiger partial charge in [0.25, 0.3) is 0 Å². The van der Waals surface area contributed by atoms with E-state index >= 15 is 0 Å². The minimum atomic E-state index is -3.95. The lowest BCUT2D eigenvalue weighted by Crippen LogP contribution is -1.96. The van der Waals surface area contributed by atoms with Crippen LogP contribution in [0, 0.1) is 0 Å². The van der Waals surface area contributed by atoms with Gasteiger partial charge in [-0.15, -0.1) is 0 Å². The van der Waals surface area contributed by atoms with Gasteiger partial charge in [0.2, 0.25) is 0 Å². The van der Waals surface area contributed by atoms with Crippen molar-refractivity contribution in [2.75, 3.05) is 5.75 Å². The van der Waals surface area contributed by atoms with Crippen LogP contribution < -0.4 is 5.90 Å². The van der Waals surface area contributed by atoms with E-state index in [1.807, 2.05) is 0 Å². The predicted octanol–water partition coefficient (Wildman–Crippen LogP) is 0.662. The Labute approximate surface area is 57.3 Å². The van der Waals surface area contributed by atoms with Crippen LogP contribution in [0.3, 0.4) is 0 Å². The molecular weight excluding hydrogens is 165 g/mol. The molecule has 5 nitrogen and oxygen atoms in total. The van der Waals surface area contributed by atoms with Gasteiger partial charge in [-0.25, -0.2) is 19.1 Å². The summed E-state index contributed by atoms with van der Waals surface area (Å²) in [5.41, 5.74) is 0. The molecule has 1 unspecified atom stereocenters. The van der Waals surface area contributed by atoms with Gasteiger partial charge in [0.1, 0.15) is 0 Å². The minimum absolute atomic E-state index is 0.563. The molecule has 0 saturated heterocycles. The van der Waals surface area contributed by atoms with Crippen molar-refractivity contribution in [1.82, 2.24) is 0 Å². The summed E-state index contributed by atoms with van der Waals surface area (Å²) < 4.78 is 18.1. The van der Waals surface area contributed by atoms with E-state index in [0.29, 0.717) is 5.75 Å². The van der Waals surface area contributed by atoms with Crippen molar-refractivity contribution in [3.05, 3.63) is 0 Å². The van der Waals surface area contributed by atoms with E-state index in [1.54, 1.807) is 6.92 Å². The quantitative estimate of drug-likeness (QED) is 0.369. The standard InChI is InChI=1S/C2H8NO4PS/c1-2-9-7-8(4,5)6-3/h2-3H2,1H3,(H,4,5). The third kappa shape index (κ3) is 4.90. The highest BCUT2D eigenvalue weighted by Crippen LogP contribution is 2.44. The number of nitrogens with two attached hydrogens (primary N) is 1. The maximum atomic E-state index is 10.3. The average Bonchev–Trinajstić information content (AvgIpc) is 1.84. The Kier molecular flexibility index (Phi) is 4.47. The third-order valence-corrected chi connectivity index (χ3v) is 2.08. The molecule has 0 rings (SSSR count). The normalized spacial score (nSPS) is 17.2. The van der Waals surface area contributed by atoms with E-state index in [0.717, 1.165) is 12.0 Å². The van der Waals surface area contributed by atoms with Crippen LogP contribution in [-0.4, -0.2) is 10.6 Å². The van der Waals surface area contributed by atoms with Gasteiger partial charge in [-0.1, -0.05) is 6.92 Å². The van der Waals surface area contributed by atoms with Crippen molar-refractivity contribution in [3.8, 4) is 0 Å². The molecule has 0 amide bonds. The Morgan fingerprint density at radius 2 is 2.44 bits per heavy atom. The number of hydrogen-bond acceptors (Lipinski definition) is 5. The fraction of sp³-hybridized carbons (Fsp3) is 1.00. The van der Waals surface area contributed by atoms with Crippen molar-refractivity contribution in [1.29, 1.82) is 0 Å². The highest BCUT2D eigenvalue weighted by Gasteiger charge is 2.19. The summed E-state index contributed by atoms with van der Waals surface area (Å²) in [7, 11) is -3.95. The zero-order chi connectivity index (χ0) is 7.33. The molecule has 0 fully saturated rings. The third-order valence-electron chi connectivity index (χ3n) is 0.398. The zero-order valence-electron chi connectivity index (χ0n) is 4.81. The maximum absolute atomic E-state index is 10.3. The average molecular weight is 173 g/mol. The van der Waals surface area contributed by atoms with Crippen molar-refractivity contribution < 1.29 is 18.1 Å². The Morgan fingerprint density at radius 1 is 1.89 bits per heavy atom. The van der Waals surface area contributed by atoms with Gasteiger partial charge < -0.3 is 4.89 Å². The molecule has 56 valence electrons. The van der Waals surface area contributed by atoms with Crippen LogP contribution >= 0.6 is 19.9 Å². The monoisotopic (exact) mass is 173 g/mol. The Balaban J connectivity index is 3.46. The van der Waals surface area contributed by atoms with Gasteiger partial charge >= 0.3 is 7.82 Å². The van der Waals surface area contributed by atoms with Crippen molar-refractivity contribution in [2.24, 2.45) is 5.90 Å². The summed E-state index contributed by atoms with van der Waals surface area (Å²) >= 11 is 0.822. The molecular formula is C2H8NO4PS. The van der Waals surface area contributed by atoms with E-state index in [-0.39, 0.29) is 0 Å². The highest BCUT2D eigenvalue weighted by atomic mass is 32.2. The molecule has 0 aromatic heterocycles. The number of rotatable bonds is 4. The lowest BCUT2D eigenvalue weighted by molar-refractivity contribution is 0.217. The van der Waals surface area contributed by atoms with Crippen LogP contribution in [0.5, 0.6) is 0 Å². The molecule has 0 aliphatic carbocycles. The van der Waals surface area contributed by atoms with Crippen molar-refractivity contribution in [2.45, 2.75) is 6.92 Å². The van der Waals surface area contributed by atoms with Crippen LogP contribution in [0.25, 0.3) is 0 Å². The van der Waals surface area contributed by atoms with Crippen LogP contribution in [0.15, 0.2) is 0 Å². The Morgan fingerprint density at radius 3 is 2.78 bits per heavy atom. The van der Waals surface area contributed by atoms with Crippen LogP contribution in [0.2, 0.25) is 0 Å². The molecule has 0 aromatic carbocycles. The largest absolute Gasteiger partial charge is 0.499 e. The smallest absolute Gasteiger partial charge is 0.301 e. The zero-order valence-corrected chi connectivity index (χ0v) is 6.52. The number of hydrogen-bond donors (Lipinski definition) is 2. The van der Waals surface area contributed by atoms with Crippen molar-refractivity contribution >= 4 is 19.9 Å². The molecule has 0 aromatic rings. The highest BCUT2D eigenvalue weighted by molar-refractivity contribution is 7.97. The Bertz CT molecular complexity index is 119. The van der Waals surface area contributed by atoms with Crippen molar-refractivity contribution in [3.63, 3.8) is 0 Å². The summed E-state index contributed by atoms with van der Waals surface area (Å²) in [4.78, 5) is 8.42. The molecule has 0 aliphatic rings. The predicted molar refractivity (Wildman–Crippen MR) is 34.3 cm³/mol. The molecule has 0 bridgehead atoms. The lowest BCUT2D eigenvalue weighted by atomic mass is 11.0. The SMILES string of the molecule is CCSOP(=O)(O)ON. The van der Waals surface area contributed by atoms with Crippen LogP contribution in [0.1, 0.15) is 6.92 Å². The molecule has 0 aliphatic heterocycles. The second-order valence-corrected chi connectivity index (χ2v) is 3.61. The van der Waals surface area contributed by atoms with E-state index in [1.165, 1.54) is 0 Å². The second-order valence-electron chi connectivity index (χ2n) is 1.06. The lowest BCUT2D eigenvalue weighted by Gasteiger charge is -2.03. The van der Waals surface area contributed by atoms with E-state index in [9.17, 15) is 4.57 Å². The van der Waals surface area contributed by atoms with E-state index < -0.39 is 7.82 Å². The summed E-state index contributed by atoms with van der Waals surface area (Å²) in [6.07, 6.45) is 0. The molecule has 0 heterocycles. The minimum Gasteiger partial charge on any atom is -0.301 e. The van der Waals surface area contributed by atoms with Gasteiger partial charge in [0.05, 0.1) is 0 Å². The van der Waals surface area contributed by atoms with Gasteiger partial charge in [0, 0.05) is 17.8 Å². The van der Waals surface area contributed by atoms with Gasteiger partial charge in [-0.3, -0.25) is 0 Å². The van der Waals surface area contributed by atoms with Crippen LogP contribution in [-0.2, 0) is 13.2 Å². The summed E-state index contributed by atoms with van der Waals surface area (Å²) in [6, 6.07) is 0. The molecule has 1 atom stereocenters. The van der Waals surface area contributed by atoms with E-state index in [4.69, 9.17) is 4.89 Å². The second kappa shape index (κ2) is 4.27. The Hall–Kier alpha value is 0.420.